The van der Waals surface area contributed by atoms with E-state index >= 15 is 0 Å². The minimum Gasteiger partial charge on any atom is -0.310 e. The zero-order valence-electron chi connectivity index (χ0n) is 41.1. The first-order valence-electron chi connectivity index (χ1n) is 25.2. The van der Waals surface area contributed by atoms with Crippen molar-refractivity contribution in [1.82, 2.24) is 4.57 Å². The average Bonchev–Trinajstić information content (AvgIpc) is 3.76. The number of benzene rings is 12. The van der Waals surface area contributed by atoms with Crippen LogP contribution < -0.4 is 14.7 Å². The molecule has 13 rings (SSSR count). The number of aryl methyl sites for hydroxylation is 3. The van der Waals surface area contributed by atoms with Crippen molar-refractivity contribution in [2.45, 2.75) is 20.8 Å². The summed E-state index contributed by atoms with van der Waals surface area (Å²) in [6.45, 7) is 6.45. The maximum atomic E-state index is 2.46. The summed E-state index contributed by atoms with van der Waals surface area (Å²) >= 11 is 0. The summed E-state index contributed by atoms with van der Waals surface area (Å²) < 4.78 is 2.46. The maximum absolute atomic E-state index is 2.46. The van der Waals surface area contributed by atoms with Crippen molar-refractivity contribution in [3.8, 4) is 5.69 Å². The molecule has 4 nitrogen and oxygen atoms in total. The van der Waals surface area contributed by atoms with Gasteiger partial charge in [0.2, 0.25) is 0 Å². The van der Waals surface area contributed by atoms with Gasteiger partial charge in [-0.15, -0.1) is 0 Å². The molecule has 0 fully saturated rings. The minimum absolute atomic E-state index is 1.07. The van der Waals surface area contributed by atoms with Gasteiger partial charge in [-0.05, 0) is 146 Å². The molecule has 348 valence electrons. The van der Waals surface area contributed by atoms with Crippen LogP contribution in [0, 0.1) is 20.8 Å². The number of nitrogens with zero attached hydrogens (tertiary/aromatic N) is 4. The highest BCUT2D eigenvalue weighted by molar-refractivity contribution is 6.13. The van der Waals surface area contributed by atoms with Crippen molar-refractivity contribution < 1.29 is 0 Å². The summed E-state index contributed by atoms with van der Waals surface area (Å²) in [5.41, 5.74) is 16.9. The molecular weight excluding hydrogens is 885 g/mol. The fraction of sp³-hybridized carbons (Fsp3) is 0.0435. The molecule has 0 saturated heterocycles. The van der Waals surface area contributed by atoms with Crippen LogP contribution in [0.5, 0.6) is 0 Å². The molecule has 4 heteroatoms. The molecule has 12 aromatic carbocycles. The van der Waals surface area contributed by atoms with Crippen LogP contribution in [0.4, 0.5) is 51.2 Å². The SMILES string of the molecule is Cc1ccc(N(c2cccc(-n3c4ccc(N(c5ccc(C)cc5)c5cccc6ccccc56)cc4c4cc(N(c5ccc(C)cc5)c5cccc6ccccc56)ccc43)c2)c2cccc3ccccc23)cc1. The Morgan fingerprint density at radius 3 is 0.945 bits per heavy atom. The van der Waals surface area contributed by atoms with Crippen molar-refractivity contribution in [3.63, 3.8) is 0 Å². The van der Waals surface area contributed by atoms with E-state index in [0.29, 0.717) is 0 Å². The molecule has 0 unspecified atom stereocenters. The van der Waals surface area contributed by atoms with Crippen LogP contribution in [0.2, 0.25) is 0 Å². The van der Waals surface area contributed by atoms with Gasteiger partial charge in [0.25, 0.3) is 0 Å². The van der Waals surface area contributed by atoms with Gasteiger partial charge in [0.05, 0.1) is 28.1 Å². The maximum Gasteiger partial charge on any atom is 0.0542 e. The molecule has 0 N–H and O–H groups in total. The summed E-state index contributed by atoms with van der Waals surface area (Å²) in [4.78, 5) is 7.25. The predicted molar refractivity (Wildman–Crippen MR) is 312 cm³/mol. The number of fused-ring (bicyclic) bond motifs is 6. The van der Waals surface area contributed by atoms with Crippen LogP contribution in [0.1, 0.15) is 16.7 Å². The van der Waals surface area contributed by atoms with Crippen LogP contribution in [-0.4, -0.2) is 4.57 Å². The van der Waals surface area contributed by atoms with E-state index in [1.807, 2.05) is 0 Å². The van der Waals surface area contributed by atoms with E-state index in [-0.39, 0.29) is 0 Å². The van der Waals surface area contributed by atoms with Crippen LogP contribution >= 0.6 is 0 Å². The van der Waals surface area contributed by atoms with Gasteiger partial charge in [0.15, 0.2) is 0 Å². The van der Waals surface area contributed by atoms with Crippen molar-refractivity contribution in [2.75, 3.05) is 14.7 Å². The normalized spacial score (nSPS) is 11.5. The lowest BCUT2D eigenvalue weighted by Gasteiger charge is -2.28. The largest absolute Gasteiger partial charge is 0.310 e. The fourth-order valence-corrected chi connectivity index (χ4v) is 10.9. The first-order chi connectivity index (χ1) is 35.9. The van der Waals surface area contributed by atoms with Crippen molar-refractivity contribution >= 4 is 105 Å². The summed E-state index contributed by atoms with van der Waals surface area (Å²) in [5.74, 6) is 0. The van der Waals surface area contributed by atoms with Crippen LogP contribution in [0.3, 0.4) is 0 Å². The molecule has 13 aromatic rings. The summed E-state index contributed by atoms with van der Waals surface area (Å²) in [6.07, 6.45) is 0. The Hall–Kier alpha value is -9.38. The molecule has 1 heterocycles. The van der Waals surface area contributed by atoms with E-state index in [0.717, 1.165) is 78.7 Å². The van der Waals surface area contributed by atoms with E-state index < -0.39 is 0 Å². The Morgan fingerprint density at radius 1 is 0.247 bits per heavy atom. The molecule has 0 bridgehead atoms. The lowest BCUT2D eigenvalue weighted by Crippen LogP contribution is -2.11. The molecule has 0 saturated carbocycles. The Balaban J connectivity index is 1.07. The number of hydrogen-bond donors (Lipinski definition) is 0. The van der Waals surface area contributed by atoms with E-state index in [4.69, 9.17) is 0 Å². The van der Waals surface area contributed by atoms with Gasteiger partial charge in [-0.25, -0.2) is 0 Å². The topological polar surface area (TPSA) is 14.7 Å². The Kier molecular flexibility index (Phi) is 10.8. The van der Waals surface area contributed by atoms with Gasteiger partial charge in [-0.3, -0.25) is 0 Å². The second-order valence-corrected chi connectivity index (χ2v) is 19.3. The monoisotopic (exact) mass is 936 g/mol. The fourth-order valence-electron chi connectivity index (χ4n) is 10.9. The highest BCUT2D eigenvalue weighted by Crippen LogP contribution is 2.46. The number of hydrogen-bond acceptors (Lipinski definition) is 3. The van der Waals surface area contributed by atoms with E-state index in [1.165, 1.54) is 49.0 Å². The summed E-state index contributed by atoms with van der Waals surface area (Å²) in [6, 6.07) is 95.8. The van der Waals surface area contributed by atoms with Crippen molar-refractivity contribution in [2.24, 2.45) is 0 Å². The zero-order valence-corrected chi connectivity index (χ0v) is 41.1. The van der Waals surface area contributed by atoms with Crippen molar-refractivity contribution in [3.05, 3.63) is 278 Å². The first kappa shape index (κ1) is 43.6. The molecule has 0 aliphatic heterocycles. The van der Waals surface area contributed by atoms with Gasteiger partial charge in [0, 0.05) is 66.7 Å². The third-order valence-electron chi connectivity index (χ3n) is 14.5. The number of rotatable bonds is 10. The molecule has 0 aliphatic rings. The van der Waals surface area contributed by atoms with Crippen LogP contribution in [0.15, 0.2) is 261 Å². The lowest BCUT2D eigenvalue weighted by molar-refractivity contribution is 1.17. The Bertz CT molecular complexity index is 3990. The number of aromatic nitrogens is 1. The second-order valence-electron chi connectivity index (χ2n) is 19.3. The molecule has 73 heavy (non-hydrogen) atoms. The molecule has 0 atom stereocenters. The quantitative estimate of drug-likeness (QED) is 0.136. The average molecular weight is 937 g/mol. The Morgan fingerprint density at radius 2 is 0.562 bits per heavy atom. The smallest absolute Gasteiger partial charge is 0.0542 e. The second kappa shape index (κ2) is 18.1. The molecule has 0 radical (unpaired) electrons. The number of anilines is 9. The van der Waals surface area contributed by atoms with Crippen molar-refractivity contribution in [1.29, 1.82) is 0 Å². The van der Waals surface area contributed by atoms with Gasteiger partial charge >= 0.3 is 0 Å². The highest BCUT2D eigenvalue weighted by Gasteiger charge is 2.23. The zero-order chi connectivity index (χ0) is 49.0. The molecular formula is C69H52N4. The van der Waals surface area contributed by atoms with E-state index in [2.05, 4.69) is 301 Å². The first-order valence-corrected chi connectivity index (χ1v) is 25.2. The lowest BCUT2D eigenvalue weighted by atomic mass is 10.0. The third-order valence-corrected chi connectivity index (χ3v) is 14.5. The van der Waals surface area contributed by atoms with Crippen LogP contribution in [-0.2, 0) is 0 Å². The molecule has 0 amide bonds. The van der Waals surface area contributed by atoms with Gasteiger partial charge in [0.1, 0.15) is 0 Å². The standard InChI is InChI=1S/C69H52N4/c1-47-28-34-53(35-29-47)70(65-25-10-17-50-14-4-7-22-60(50)65)56-20-13-21-57(44-56)73-68-42-40-58(71(54-36-30-48(2)31-37-54)66-26-11-18-51-15-5-8-23-61(51)66)45-63(68)64-46-59(41-43-69(64)73)72(55-38-32-49(3)33-39-55)67-27-12-19-52-16-6-9-24-62(52)67/h4-46H,1-3H3. The molecule has 0 spiro atoms. The van der Waals surface area contributed by atoms with E-state index in [1.54, 1.807) is 0 Å². The molecule has 1 aromatic heterocycles. The Labute approximate surface area is 426 Å². The minimum atomic E-state index is 1.07. The van der Waals surface area contributed by atoms with Gasteiger partial charge < -0.3 is 19.3 Å². The molecule has 0 aliphatic carbocycles. The summed E-state index contributed by atoms with van der Waals surface area (Å²) in [5, 5.41) is 9.50. The van der Waals surface area contributed by atoms with Gasteiger partial charge in [-0.1, -0.05) is 168 Å². The van der Waals surface area contributed by atoms with Crippen LogP contribution in [0.25, 0.3) is 59.8 Å². The third kappa shape index (κ3) is 7.81. The van der Waals surface area contributed by atoms with Gasteiger partial charge in [-0.2, -0.15) is 0 Å². The summed E-state index contributed by atoms with van der Waals surface area (Å²) in [7, 11) is 0. The predicted octanol–water partition coefficient (Wildman–Crippen LogP) is 19.6. The van der Waals surface area contributed by atoms with E-state index in [9.17, 15) is 0 Å². The highest BCUT2D eigenvalue weighted by atomic mass is 15.2.